The molecule has 0 saturated carbocycles. The highest BCUT2D eigenvalue weighted by Crippen LogP contribution is 2.41. The van der Waals surface area contributed by atoms with Crippen LogP contribution in [-0.4, -0.2) is 18.6 Å². The van der Waals surface area contributed by atoms with Crippen molar-refractivity contribution >= 4 is 5.69 Å². The van der Waals surface area contributed by atoms with E-state index in [1.54, 1.807) is 0 Å². The van der Waals surface area contributed by atoms with Gasteiger partial charge in [0.1, 0.15) is 0 Å². The van der Waals surface area contributed by atoms with Gasteiger partial charge in [-0.05, 0) is 42.0 Å². The van der Waals surface area contributed by atoms with Crippen molar-refractivity contribution in [2.24, 2.45) is 0 Å². The molecule has 0 aliphatic carbocycles. The van der Waals surface area contributed by atoms with Gasteiger partial charge in [-0.15, -0.1) is 0 Å². The number of benzene rings is 2. The summed E-state index contributed by atoms with van der Waals surface area (Å²) in [5.41, 5.74) is 5.94. The van der Waals surface area contributed by atoms with Gasteiger partial charge >= 0.3 is 0 Å². The predicted molar refractivity (Wildman–Crippen MR) is 97.1 cm³/mol. The quantitative estimate of drug-likeness (QED) is 0.890. The average Bonchev–Trinajstić information content (AvgIpc) is 2.69. The standard InChI is InChI=1S/C21H26N2/c1-15(2)22-18-11-12-23-20-10-6-4-8-17(20)13-16-7-3-5-9-19(16)21(23)14-18/h3-10,15,18,21-22H,11-14H2,1-2H3. The first-order valence-corrected chi connectivity index (χ1v) is 8.91. The average molecular weight is 306 g/mol. The number of fused-ring (bicyclic) bond motifs is 5. The van der Waals surface area contributed by atoms with E-state index in [4.69, 9.17) is 0 Å². The molecule has 2 aliphatic heterocycles. The largest absolute Gasteiger partial charge is 0.364 e. The number of hydrogen-bond acceptors (Lipinski definition) is 2. The summed E-state index contributed by atoms with van der Waals surface area (Å²) in [6, 6.07) is 19.7. The zero-order chi connectivity index (χ0) is 15.8. The minimum Gasteiger partial charge on any atom is -0.364 e. The molecule has 4 rings (SSSR count). The summed E-state index contributed by atoms with van der Waals surface area (Å²) in [5.74, 6) is 0. The van der Waals surface area contributed by atoms with E-state index in [1.807, 2.05) is 0 Å². The summed E-state index contributed by atoms with van der Waals surface area (Å²) in [6.45, 7) is 5.64. The molecule has 2 aromatic carbocycles. The maximum atomic E-state index is 3.76. The van der Waals surface area contributed by atoms with Crippen molar-refractivity contribution in [3.8, 4) is 0 Å². The second-order valence-electron chi connectivity index (χ2n) is 7.26. The Morgan fingerprint density at radius 3 is 2.57 bits per heavy atom. The number of nitrogens with zero attached hydrogens (tertiary/aromatic N) is 1. The molecule has 2 unspecified atom stereocenters. The van der Waals surface area contributed by atoms with Crippen molar-refractivity contribution in [1.82, 2.24) is 5.32 Å². The molecule has 2 heterocycles. The van der Waals surface area contributed by atoms with Crippen LogP contribution in [0.15, 0.2) is 48.5 Å². The fourth-order valence-electron chi connectivity index (χ4n) is 4.34. The Bertz CT molecular complexity index is 692. The van der Waals surface area contributed by atoms with E-state index < -0.39 is 0 Å². The summed E-state index contributed by atoms with van der Waals surface area (Å²) < 4.78 is 0. The monoisotopic (exact) mass is 306 g/mol. The van der Waals surface area contributed by atoms with Gasteiger partial charge in [0.05, 0.1) is 6.04 Å². The molecule has 2 atom stereocenters. The van der Waals surface area contributed by atoms with E-state index in [-0.39, 0.29) is 0 Å². The molecule has 2 aliphatic rings. The number of piperidine rings is 1. The van der Waals surface area contributed by atoms with E-state index >= 15 is 0 Å². The lowest BCUT2D eigenvalue weighted by molar-refractivity contribution is 0.341. The Kier molecular flexibility index (Phi) is 3.86. The van der Waals surface area contributed by atoms with Crippen LogP contribution in [0.5, 0.6) is 0 Å². The van der Waals surface area contributed by atoms with Crippen LogP contribution >= 0.6 is 0 Å². The zero-order valence-corrected chi connectivity index (χ0v) is 14.1. The fourth-order valence-corrected chi connectivity index (χ4v) is 4.34. The first-order chi connectivity index (χ1) is 11.2. The Balaban J connectivity index is 1.76. The first-order valence-electron chi connectivity index (χ1n) is 8.91. The summed E-state index contributed by atoms with van der Waals surface area (Å²) in [4.78, 5) is 2.65. The Labute approximate surface area is 139 Å². The maximum absolute atomic E-state index is 3.76. The van der Waals surface area contributed by atoms with Crippen molar-refractivity contribution in [2.75, 3.05) is 11.4 Å². The minimum absolute atomic E-state index is 0.500. The molecule has 0 radical (unpaired) electrons. The predicted octanol–water partition coefficient (Wildman–Crippen LogP) is 4.30. The SMILES string of the molecule is CC(C)NC1CCN2c3ccccc3Cc3ccccc3C2C1. The van der Waals surface area contributed by atoms with Crippen LogP contribution in [0.1, 0.15) is 49.4 Å². The summed E-state index contributed by atoms with van der Waals surface area (Å²) in [7, 11) is 0. The molecule has 0 aromatic heterocycles. The molecule has 0 bridgehead atoms. The van der Waals surface area contributed by atoms with Crippen LogP contribution in [0.25, 0.3) is 0 Å². The third-order valence-electron chi connectivity index (χ3n) is 5.27. The van der Waals surface area contributed by atoms with Gasteiger partial charge in [-0.25, -0.2) is 0 Å². The molecule has 2 nitrogen and oxygen atoms in total. The molecule has 1 N–H and O–H groups in total. The summed E-state index contributed by atoms with van der Waals surface area (Å²) in [6.07, 6.45) is 3.48. The van der Waals surface area contributed by atoms with Crippen molar-refractivity contribution in [3.05, 3.63) is 65.2 Å². The van der Waals surface area contributed by atoms with Crippen LogP contribution in [0, 0.1) is 0 Å². The van der Waals surface area contributed by atoms with Gasteiger partial charge in [-0.1, -0.05) is 56.3 Å². The smallest absolute Gasteiger partial charge is 0.0560 e. The number of para-hydroxylation sites is 1. The summed E-state index contributed by atoms with van der Waals surface area (Å²) in [5, 5.41) is 3.76. The van der Waals surface area contributed by atoms with Gasteiger partial charge < -0.3 is 10.2 Å². The van der Waals surface area contributed by atoms with E-state index in [0.29, 0.717) is 18.1 Å². The number of anilines is 1. The van der Waals surface area contributed by atoms with E-state index in [0.717, 1.165) is 13.0 Å². The van der Waals surface area contributed by atoms with Crippen LogP contribution in [0.2, 0.25) is 0 Å². The van der Waals surface area contributed by atoms with E-state index in [2.05, 4.69) is 72.6 Å². The number of hydrogen-bond donors (Lipinski definition) is 1. The van der Waals surface area contributed by atoms with E-state index in [9.17, 15) is 0 Å². The molecular formula is C21H26N2. The third kappa shape index (κ3) is 2.76. The molecule has 2 aromatic rings. The molecule has 2 heteroatoms. The second-order valence-corrected chi connectivity index (χ2v) is 7.26. The van der Waals surface area contributed by atoms with Crippen LogP contribution < -0.4 is 10.2 Å². The van der Waals surface area contributed by atoms with Gasteiger partial charge in [0.25, 0.3) is 0 Å². The van der Waals surface area contributed by atoms with Gasteiger partial charge in [0, 0.05) is 24.3 Å². The molecule has 1 saturated heterocycles. The van der Waals surface area contributed by atoms with Crippen molar-refractivity contribution in [2.45, 2.75) is 51.2 Å². The summed E-state index contributed by atoms with van der Waals surface area (Å²) >= 11 is 0. The van der Waals surface area contributed by atoms with Crippen LogP contribution in [0.4, 0.5) is 5.69 Å². The Morgan fingerprint density at radius 2 is 1.74 bits per heavy atom. The number of nitrogens with one attached hydrogen (secondary N) is 1. The molecule has 23 heavy (non-hydrogen) atoms. The van der Waals surface area contributed by atoms with Gasteiger partial charge in [0.15, 0.2) is 0 Å². The van der Waals surface area contributed by atoms with Crippen molar-refractivity contribution < 1.29 is 0 Å². The van der Waals surface area contributed by atoms with Gasteiger partial charge in [0.2, 0.25) is 0 Å². The van der Waals surface area contributed by atoms with Gasteiger partial charge in [-0.3, -0.25) is 0 Å². The molecule has 0 amide bonds. The number of rotatable bonds is 2. The third-order valence-corrected chi connectivity index (χ3v) is 5.27. The zero-order valence-electron chi connectivity index (χ0n) is 14.1. The molecule has 120 valence electrons. The lowest BCUT2D eigenvalue weighted by Gasteiger charge is -2.42. The molecule has 0 spiro atoms. The fraction of sp³-hybridized carbons (Fsp3) is 0.429. The minimum atomic E-state index is 0.500. The van der Waals surface area contributed by atoms with E-state index in [1.165, 1.54) is 35.2 Å². The molecular weight excluding hydrogens is 280 g/mol. The lowest BCUT2D eigenvalue weighted by Crippen LogP contribution is -2.46. The highest BCUT2D eigenvalue weighted by Gasteiger charge is 2.33. The lowest BCUT2D eigenvalue weighted by atomic mass is 9.89. The van der Waals surface area contributed by atoms with Crippen LogP contribution in [0.3, 0.4) is 0 Å². The van der Waals surface area contributed by atoms with Crippen molar-refractivity contribution in [1.29, 1.82) is 0 Å². The normalized spacial score (nSPS) is 23.0. The first kappa shape index (κ1) is 14.8. The topological polar surface area (TPSA) is 15.3 Å². The Hall–Kier alpha value is -1.80. The highest BCUT2D eigenvalue weighted by molar-refractivity contribution is 5.60. The molecule has 1 fully saturated rings. The second kappa shape index (κ2) is 6.01. The van der Waals surface area contributed by atoms with Crippen molar-refractivity contribution in [3.63, 3.8) is 0 Å². The Morgan fingerprint density at radius 1 is 1.00 bits per heavy atom. The highest BCUT2D eigenvalue weighted by atomic mass is 15.2. The maximum Gasteiger partial charge on any atom is 0.0560 e. The van der Waals surface area contributed by atoms with Crippen LogP contribution in [-0.2, 0) is 6.42 Å². The van der Waals surface area contributed by atoms with Gasteiger partial charge in [-0.2, -0.15) is 0 Å².